The molecule has 3 heteroatoms. The Balaban J connectivity index is 0.00000180. The van der Waals surface area contributed by atoms with Crippen LogP contribution in [0, 0.1) is 0 Å². The van der Waals surface area contributed by atoms with Crippen molar-refractivity contribution in [3.63, 3.8) is 0 Å². The molecular weight excluding hydrogens is 258 g/mol. The van der Waals surface area contributed by atoms with Crippen LogP contribution in [0.2, 0.25) is 0 Å². The van der Waals surface area contributed by atoms with Gasteiger partial charge < -0.3 is 10.1 Å². The molecule has 0 saturated heterocycles. The highest BCUT2D eigenvalue weighted by atomic mass is 35.5. The first kappa shape index (κ1) is 16.5. The van der Waals surface area contributed by atoms with E-state index in [0.717, 1.165) is 19.6 Å². The van der Waals surface area contributed by atoms with Gasteiger partial charge in [0.15, 0.2) is 0 Å². The topological polar surface area (TPSA) is 21.3 Å². The Labute approximate surface area is 123 Å². The van der Waals surface area contributed by atoms with Crippen molar-refractivity contribution < 1.29 is 4.74 Å². The van der Waals surface area contributed by atoms with E-state index in [1.807, 2.05) is 0 Å². The van der Waals surface area contributed by atoms with Gasteiger partial charge >= 0.3 is 0 Å². The summed E-state index contributed by atoms with van der Waals surface area (Å²) in [4.78, 5) is 0. The third kappa shape index (κ3) is 4.48. The van der Waals surface area contributed by atoms with Gasteiger partial charge in [-0.3, -0.25) is 0 Å². The lowest BCUT2D eigenvalue weighted by molar-refractivity contribution is 0.180. The maximum Gasteiger partial charge on any atom is 0.0474 e. The monoisotopic (exact) mass is 283 g/mol. The van der Waals surface area contributed by atoms with Crippen LogP contribution in [0.15, 0.2) is 30.3 Å². The van der Waals surface area contributed by atoms with Crippen LogP contribution >= 0.6 is 12.4 Å². The Kier molecular flexibility index (Phi) is 7.44. The molecule has 2 rings (SSSR count). The summed E-state index contributed by atoms with van der Waals surface area (Å²) >= 11 is 0. The van der Waals surface area contributed by atoms with Gasteiger partial charge in [-0.1, -0.05) is 49.6 Å². The summed E-state index contributed by atoms with van der Waals surface area (Å²) in [5.41, 5.74) is 1.68. The highest BCUT2D eigenvalue weighted by Crippen LogP contribution is 2.36. The fraction of sp³-hybridized carbons (Fsp3) is 0.625. The number of ether oxygens (including phenoxy) is 1. The molecule has 1 aliphatic rings. The van der Waals surface area contributed by atoms with Gasteiger partial charge in [-0.05, 0) is 31.4 Å². The molecule has 2 nitrogen and oxygen atoms in total. The predicted molar refractivity (Wildman–Crippen MR) is 82.9 cm³/mol. The summed E-state index contributed by atoms with van der Waals surface area (Å²) in [6, 6.07) is 11.0. The summed E-state index contributed by atoms with van der Waals surface area (Å²) in [5.74, 6) is 0. The molecule has 108 valence electrons. The summed E-state index contributed by atoms with van der Waals surface area (Å²) in [6.07, 6.45) is 7.69. The molecule has 0 heterocycles. The number of rotatable bonds is 6. The van der Waals surface area contributed by atoms with E-state index in [-0.39, 0.29) is 17.9 Å². The van der Waals surface area contributed by atoms with Crippen LogP contribution in [0.25, 0.3) is 0 Å². The van der Waals surface area contributed by atoms with Gasteiger partial charge in [0.1, 0.15) is 0 Å². The van der Waals surface area contributed by atoms with Gasteiger partial charge in [-0.25, -0.2) is 0 Å². The lowest BCUT2D eigenvalue weighted by Gasteiger charge is -2.39. The summed E-state index contributed by atoms with van der Waals surface area (Å²) in [7, 11) is 1.77. The average Bonchev–Trinajstić information content (AvgIpc) is 2.46. The van der Waals surface area contributed by atoms with Crippen LogP contribution in [0.4, 0.5) is 0 Å². The molecule has 0 bridgehead atoms. The van der Waals surface area contributed by atoms with Crippen LogP contribution in [-0.2, 0) is 10.3 Å². The third-order valence-corrected chi connectivity index (χ3v) is 4.02. The van der Waals surface area contributed by atoms with E-state index in [1.165, 1.54) is 37.7 Å². The molecule has 1 N–H and O–H groups in total. The molecule has 0 atom stereocenters. The molecular formula is C16H26ClNO. The van der Waals surface area contributed by atoms with E-state index in [1.54, 1.807) is 7.11 Å². The first-order valence-corrected chi connectivity index (χ1v) is 7.17. The zero-order valence-corrected chi connectivity index (χ0v) is 12.7. The lowest BCUT2D eigenvalue weighted by atomic mass is 9.76. The minimum absolute atomic E-state index is 0. The zero-order chi connectivity index (χ0) is 12.7. The van der Waals surface area contributed by atoms with Crippen molar-refractivity contribution in [1.29, 1.82) is 0 Å². The van der Waals surface area contributed by atoms with Crippen LogP contribution < -0.4 is 5.32 Å². The molecule has 0 radical (unpaired) electrons. The van der Waals surface area contributed by atoms with Crippen molar-refractivity contribution in [3.8, 4) is 0 Å². The molecule has 0 aliphatic heterocycles. The highest BCUT2D eigenvalue weighted by molar-refractivity contribution is 5.85. The molecule has 1 aromatic carbocycles. The Hall–Kier alpha value is -0.570. The van der Waals surface area contributed by atoms with E-state index in [0.29, 0.717) is 0 Å². The van der Waals surface area contributed by atoms with E-state index in [2.05, 4.69) is 35.6 Å². The maximum atomic E-state index is 5.13. The van der Waals surface area contributed by atoms with Crippen LogP contribution in [0.3, 0.4) is 0 Å². The van der Waals surface area contributed by atoms with Gasteiger partial charge in [-0.2, -0.15) is 0 Å². The van der Waals surface area contributed by atoms with Crippen molar-refractivity contribution in [2.45, 2.75) is 44.1 Å². The predicted octanol–water partition coefficient (Wildman–Crippen LogP) is 3.89. The van der Waals surface area contributed by atoms with Gasteiger partial charge in [0, 0.05) is 19.3 Å². The second kappa shape index (κ2) is 8.57. The largest absolute Gasteiger partial charge is 0.385 e. The molecule has 1 aliphatic carbocycles. The van der Waals surface area contributed by atoms with Crippen molar-refractivity contribution in [2.75, 3.05) is 20.3 Å². The molecule has 1 aromatic rings. The number of hydrogen-bond acceptors (Lipinski definition) is 2. The van der Waals surface area contributed by atoms with E-state index >= 15 is 0 Å². The van der Waals surface area contributed by atoms with E-state index in [9.17, 15) is 0 Å². The Morgan fingerprint density at radius 1 is 1.11 bits per heavy atom. The second-order valence-electron chi connectivity index (χ2n) is 5.28. The minimum Gasteiger partial charge on any atom is -0.385 e. The Morgan fingerprint density at radius 3 is 2.42 bits per heavy atom. The molecule has 0 unspecified atom stereocenters. The van der Waals surface area contributed by atoms with Gasteiger partial charge in [0.05, 0.1) is 0 Å². The number of benzene rings is 1. The lowest BCUT2D eigenvalue weighted by Crippen LogP contribution is -2.44. The van der Waals surface area contributed by atoms with Crippen molar-refractivity contribution in [2.24, 2.45) is 0 Å². The van der Waals surface area contributed by atoms with Crippen LogP contribution in [0.1, 0.15) is 44.1 Å². The quantitative estimate of drug-likeness (QED) is 0.800. The standard InChI is InChI=1S/C16H25NO.ClH/c1-18-14-8-13-17-16(11-6-3-7-12-16)15-9-4-2-5-10-15;/h2,4-5,9-10,17H,3,6-8,11-14H2,1H3;1H. The second-order valence-corrected chi connectivity index (χ2v) is 5.28. The van der Waals surface area contributed by atoms with Crippen LogP contribution in [-0.4, -0.2) is 20.3 Å². The molecule has 0 spiro atoms. The minimum atomic E-state index is 0. The summed E-state index contributed by atoms with van der Waals surface area (Å²) < 4.78 is 5.13. The number of nitrogens with one attached hydrogen (secondary N) is 1. The maximum absolute atomic E-state index is 5.13. The number of halogens is 1. The first-order valence-electron chi connectivity index (χ1n) is 7.17. The molecule has 1 saturated carbocycles. The fourth-order valence-corrected chi connectivity index (χ4v) is 3.02. The molecule has 1 fully saturated rings. The first-order chi connectivity index (χ1) is 8.87. The smallest absolute Gasteiger partial charge is 0.0474 e. The molecule has 0 aromatic heterocycles. The van der Waals surface area contributed by atoms with E-state index < -0.39 is 0 Å². The van der Waals surface area contributed by atoms with Gasteiger partial charge in [0.25, 0.3) is 0 Å². The SMILES string of the molecule is COCCCNC1(c2ccccc2)CCCCC1.Cl. The third-order valence-electron chi connectivity index (χ3n) is 4.02. The Morgan fingerprint density at radius 2 is 1.79 bits per heavy atom. The normalized spacial score (nSPS) is 17.7. The number of hydrogen-bond donors (Lipinski definition) is 1. The van der Waals surface area contributed by atoms with Crippen molar-refractivity contribution in [3.05, 3.63) is 35.9 Å². The average molecular weight is 284 g/mol. The zero-order valence-electron chi connectivity index (χ0n) is 11.9. The fourth-order valence-electron chi connectivity index (χ4n) is 3.02. The van der Waals surface area contributed by atoms with Crippen LogP contribution in [0.5, 0.6) is 0 Å². The summed E-state index contributed by atoms with van der Waals surface area (Å²) in [6.45, 7) is 1.89. The highest BCUT2D eigenvalue weighted by Gasteiger charge is 2.32. The van der Waals surface area contributed by atoms with Gasteiger partial charge in [-0.15, -0.1) is 12.4 Å². The van der Waals surface area contributed by atoms with E-state index in [4.69, 9.17) is 4.74 Å². The molecule has 0 amide bonds. The van der Waals surface area contributed by atoms with Crippen molar-refractivity contribution in [1.82, 2.24) is 5.32 Å². The summed E-state index contributed by atoms with van der Waals surface area (Å²) in [5, 5.41) is 3.81. The number of methoxy groups -OCH3 is 1. The van der Waals surface area contributed by atoms with Gasteiger partial charge in [0.2, 0.25) is 0 Å². The molecule has 19 heavy (non-hydrogen) atoms. The van der Waals surface area contributed by atoms with Crippen molar-refractivity contribution >= 4 is 12.4 Å². The Bertz CT molecular complexity index is 336.